The van der Waals surface area contributed by atoms with E-state index < -0.39 is 0 Å². The standard InChI is InChI=1S/C14H20N2/c1-5-6-7-8-14(15-4)13-9-11(2)16-12(3)10-13/h9-10,14-15H,7-8H2,1-4H3. The molecule has 1 heterocycles. The normalized spacial score (nSPS) is 11.8. The minimum absolute atomic E-state index is 0.376. The van der Waals surface area contributed by atoms with E-state index in [-0.39, 0.29) is 0 Å². The van der Waals surface area contributed by atoms with Gasteiger partial charge in [-0.2, -0.15) is 0 Å². The topological polar surface area (TPSA) is 24.9 Å². The second kappa shape index (κ2) is 6.30. The molecular weight excluding hydrogens is 196 g/mol. The summed E-state index contributed by atoms with van der Waals surface area (Å²) in [6, 6.07) is 4.67. The van der Waals surface area contributed by atoms with Crippen LogP contribution in [-0.4, -0.2) is 12.0 Å². The first-order valence-electron chi connectivity index (χ1n) is 5.69. The average Bonchev–Trinajstić information content (AvgIpc) is 2.23. The molecule has 1 aromatic rings. The van der Waals surface area contributed by atoms with E-state index in [2.05, 4.69) is 34.3 Å². The monoisotopic (exact) mass is 216 g/mol. The Hall–Kier alpha value is -1.33. The van der Waals surface area contributed by atoms with Crippen LogP contribution in [0.5, 0.6) is 0 Å². The summed E-state index contributed by atoms with van der Waals surface area (Å²) >= 11 is 0. The maximum Gasteiger partial charge on any atom is 0.0379 e. The fourth-order valence-electron chi connectivity index (χ4n) is 1.89. The van der Waals surface area contributed by atoms with Crippen molar-refractivity contribution in [3.05, 3.63) is 29.1 Å². The predicted molar refractivity (Wildman–Crippen MR) is 68.2 cm³/mol. The zero-order valence-electron chi connectivity index (χ0n) is 10.6. The number of aromatic nitrogens is 1. The quantitative estimate of drug-likeness (QED) is 0.783. The summed E-state index contributed by atoms with van der Waals surface area (Å²) in [4.78, 5) is 4.39. The van der Waals surface area contributed by atoms with E-state index in [9.17, 15) is 0 Å². The Morgan fingerprint density at radius 2 is 1.94 bits per heavy atom. The fourth-order valence-corrected chi connectivity index (χ4v) is 1.89. The minimum Gasteiger partial charge on any atom is -0.313 e. The zero-order valence-corrected chi connectivity index (χ0v) is 10.6. The lowest BCUT2D eigenvalue weighted by molar-refractivity contribution is 0.557. The van der Waals surface area contributed by atoms with E-state index >= 15 is 0 Å². The molecule has 0 fully saturated rings. The Kier molecular flexibility index (Phi) is 5.01. The molecule has 2 heteroatoms. The second-order valence-electron chi connectivity index (χ2n) is 3.99. The van der Waals surface area contributed by atoms with Gasteiger partial charge in [-0.1, -0.05) is 0 Å². The van der Waals surface area contributed by atoms with Crippen LogP contribution in [0.4, 0.5) is 0 Å². The molecular formula is C14H20N2. The molecule has 0 bridgehead atoms. The summed E-state index contributed by atoms with van der Waals surface area (Å²) in [5.74, 6) is 6.04. The van der Waals surface area contributed by atoms with E-state index in [0.29, 0.717) is 6.04 Å². The summed E-state index contributed by atoms with van der Waals surface area (Å²) in [5.41, 5.74) is 3.47. The molecule has 0 aliphatic heterocycles. The number of hydrogen-bond donors (Lipinski definition) is 1. The summed E-state index contributed by atoms with van der Waals surface area (Å²) < 4.78 is 0. The van der Waals surface area contributed by atoms with Gasteiger partial charge in [-0.3, -0.25) is 4.98 Å². The van der Waals surface area contributed by atoms with Crippen LogP contribution < -0.4 is 5.32 Å². The highest BCUT2D eigenvalue weighted by molar-refractivity contribution is 5.23. The van der Waals surface area contributed by atoms with Crippen LogP contribution in [0.2, 0.25) is 0 Å². The molecule has 0 aliphatic rings. The highest BCUT2D eigenvalue weighted by Gasteiger charge is 2.09. The molecule has 1 unspecified atom stereocenters. The predicted octanol–water partition coefficient (Wildman–Crippen LogP) is 2.76. The van der Waals surface area contributed by atoms with Gasteiger partial charge in [-0.25, -0.2) is 0 Å². The molecule has 16 heavy (non-hydrogen) atoms. The SMILES string of the molecule is CC#CCCC(NC)c1cc(C)nc(C)c1. The molecule has 1 atom stereocenters. The van der Waals surface area contributed by atoms with Crippen LogP contribution in [0.25, 0.3) is 0 Å². The Labute approximate surface area is 98.5 Å². The Bertz CT molecular complexity index is 379. The molecule has 0 radical (unpaired) electrons. The van der Waals surface area contributed by atoms with Crippen LogP contribution >= 0.6 is 0 Å². The van der Waals surface area contributed by atoms with E-state index in [1.165, 1.54) is 5.56 Å². The van der Waals surface area contributed by atoms with Crippen molar-refractivity contribution >= 4 is 0 Å². The first-order valence-corrected chi connectivity index (χ1v) is 5.69. The highest BCUT2D eigenvalue weighted by atomic mass is 14.9. The first-order chi connectivity index (χ1) is 7.67. The third-order valence-electron chi connectivity index (χ3n) is 2.59. The smallest absolute Gasteiger partial charge is 0.0379 e. The highest BCUT2D eigenvalue weighted by Crippen LogP contribution is 2.19. The van der Waals surface area contributed by atoms with Crippen molar-refractivity contribution < 1.29 is 0 Å². The summed E-state index contributed by atoms with van der Waals surface area (Å²) in [6.07, 6.45) is 1.97. The van der Waals surface area contributed by atoms with E-state index in [1.807, 2.05) is 27.8 Å². The second-order valence-corrected chi connectivity index (χ2v) is 3.99. The van der Waals surface area contributed by atoms with Gasteiger partial charge in [-0.05, 0) is 51.9 Å². The van der Waals surface area contributed by atoms with E-state index in [4.69, 9.17) is 0 Å². The lowest BCUT2D eigenvalue weighted by Gasteiger charge is -2.16. The lowest BCUT2D eigenvalue weighted by atomic mass is 10.0. The van der Waals surface area contributed by atoms with Gasteiger partial charge < -0.3 is 5.32 Å². The van der Waals surface area contributed by atoms with Crippen molar-refractivity contribution in [2.75, 3.05) is 7.05 Å². The maximum absolute atomic E-state index is 4.39. The van der Waals surface area contributed by atoms with Gasteiger partial charge in [0, 0.05) is 23.9 Å². The molecule has 1 aromatic heterocycles. The zero-order chi connectivity index (χ0) is 12.0. The van der Waals surface area contributed by atoms with Gasteiger partial charge in [0.15, 0.2) is 0 Å². The molecule has 1 rings (SSSR count). The maximum atomic E-state index is 4.39. The summed E-state index contributed by atoms with van der Waals surface area (Å²) in [7, 11) is 2.00. The molecule has 0 aromatic carbocycles. The van der Waals surface area contributed by atoms with Crippen molar-refractivity contribution in [1.82, 2.24) is 10.3 Å². The summed E-state index contributed by atoms with van der Waals surface area (Å²) in [5, 5.41) is 3.34. The molecule has 0 aliphatic carbocycles. The largest absolute Gasteiger partial charge is 0.313 e. The van der Waals surface area contributed by atoms with Gasteiger partial charge in [0.1, 0.15) is 0 Å². The molecule has 0 amide bonds. The third kappa shape index (κ3) is 3.67. The number of rotatable bonds is 4. The van der Waals surface area contributed by atoms with Crippen molar-refractivity contribution in [3.63, 3.8) is 0 Å². The Balaban J connectivity index is 2.80. The number of nitrogens with zero attached hydrogens (tertiary/aromatic N) is 1. The molecule has 0 saturated heterocycles. The Morgan fingerprint density at radius 3 is 2.44 bits per heavy atom. The van der Waals surface area contributed by atoms with Crippen molar-refractivity contribution in [1.29, 1.82) is 0 Å². The van der Waals surface area contributed by atoms with Crippen LogP contribution in [0, 0.1) is 25.7 Å². The van der Waals surface area contributed by atoms with Crippen LogP contribution in [0.1, 0.15) is 42.8 Å². The fraction of sp³-hybridized carbons (Fsp3) is 0.500. The molecule has 2 nitrogen and oxygen atoms in total. The van der Waals surface area contributed by atoms with E-state index in [1.54, 1.807) is 0 Å². The van der Waals surface area contributed by atoms with Gasteiger partial charge >= 0.3 is 0 Å². The van der Waals surface area contributed by atoms with Crippen molar-refractivity contribution in [2.24, 2.45) is 0 Å². The number of nitrogens with one attached hydrogen (secondary N) is 1. The minimum atomic E-state index is 0.376. The summed E-state index contributed by atoms with van der Waals surface area (Å²) in [6.45, 7) is 5.96. The van der Waals surface area contributed by atoms with Crippen LogP contribution in [0.15, 0.2) is 12.1 Å². The molecule has 0 spiro atoms. The van der Waals surface area contributed by atoms with Gasteiger partial charge in [-0.15, -0.1) is 11.8 Å². The van der Waals surface area contributed by atoms with Gasteiger partial charge in [0.05, 0.1) is 0 Å². The number of pyridine rings is 1. The molecule has 1 N–H and O–H groups in total. The lowest BCUT2D eigenvalue weighted by Crippen LogP contribution is -2.16. The first kappa shape index (κ1) is 12.7. The molecule has 86 valence electrons. The van der Waals surface area contributed by atoms with Crippen molar-refractivity contribution in [2.45, 2.75) is 39.7 Å². The molecule has 0 saturated carbocycles. The number of hydrogen-bond acceptors (Lipinski definition) is 2. The number of aryl methyl sites for hydroxylation is 2. The van der Waals surface area contributed by atoms with Gasteiger partial charge in [0.2, 0.25) is 0 Å². The Morgan fingerprint density at radius 1 is 1.31 bits per heavy atom. The van der Waals surface area contributed by atoms with Crippen LogP contribution in [0.3, 0.4) is 0 Å². The van der Waals surface area contributed by atoms with Gasteiger partial charge in [0.25, 0.3) is 0 Å². The average molecular weight is 216 g/mol. The third-order valence-corrected chi connectivity index (χ3v) is 2.59. The van der Waals surface area contributed by atoms with Crippen LogP contribution in [-0.2, 0) is 0 Å². The van der Waals surface area contributed by atoms with Crippen molar-refractivity contribution in [3.8, 4) is 11.8 Å². The van der Waals surface area contributed by atoms with E-state index in [0.717, 1.165) is 24.2 Å².